The zero-order chi connectivity index (χ0) is 21.8. The highest BCUT2D eigenvalue weighted by atomic mass is 35.5. The zero-order valence-electron chi connectivity index (χ0n) is 19.0. The molecule has 0 aliphatic carbocycles. The van der Waals surface area contributed by atoms with Crippen molar-refractivity contribution in [2.45, 2.75) is 6.92 Å². The summed E-state index contributed by atoms with van der Waals surface area (Å²) in [5.41, 5.74) is 6.67. The van der Waals surface area contributed by atoms with Gasteiger partial charge in [0.05, 0.1) is 21.3 Å². The van der Waals surface area contributed by atoms with Crippen molar-refractivity contribution >= 4 is 18.1 Å². The van der Waals surface area contributed by atoms with Crippen molar-refractivity contribution in [3.8, 4) is 39.5 Å². The number of aromatic nitrogens is 1. The molecule has 0 radical (unpaired) electrons. The number of hydrogen-bond acceptors (Lipinski definition) is 6. The summed E-state index contributed by atoms with van der Waals surface area (Å²) in [4.78, 5) is 6.95. The largest absolute Gasteiger partial charge is 0.493 e. The molecule has 3 aromatic rings. The van der Waals surface area contributed by atoms with Crippen LogP contribution in [0.2, 0.25) is 0 Å². The highest BCUT2D eigenvalue weighted by Gasteiger charge is 2.17. The van der Waals surface area contributed by atoms with Crippen LogP contribution in [0.3, 0.4) is 0 Å². The van der Waals surface area contributed by atoms with E-state index in [2.05, 4.69) is 46.4 Å². The molecule has 0 saturated carbocycles. The van der Waals surface area contributed by atoms with Crippen molar-refractivity contribution in [2.24, 2.45) is 0 Å². The number of hydrogen-bond donors (Lipinski definition) is 1. The number of rotatable bonds is 6. The summed E-state index contributed by atoms with van der Waals surface area (Å²) in [6.45, 7) is 6.26. The van der Waals surface area contributed by atoms with Crippen molar-refractivity contribution in [3.05, 3.63) is 54.4 Å². The molecule has 1 aliphatic rings. The van der Waals surface area contributed by atoms with Gasteiger partial charge in [-0.3, -0.25) is 4.98 Å². The second-order valence-electron chi connectivity index (χ2n) is 7.56. The van der Waals surface area contributed by atoms with E-state index in [1.165, 1.54) is 5.69 Å². The Morgan fingerprint density at radius 3 is 1.91 bits per heavy atom. The minimum atomic E-state index is 0. The van der Waals surface area contributed by atoms with Crippen LogP contribution in [0.15, 0.2) is 48.8 Å². The van der Waals surface area contributed by atoms with Gasteiger partial charge in [0.2, 0.25) is 5.75 Å². The number of pyridine rings is 1. The van der Waals surface area contributed by atoms with E-state index in [9.17, 15) is 0 Å². The van der Waals surface area contributed by atoms with Gasteiger partial charge >= 0.3 is 0 Å². The first kappa shape index (κ1) is 23.7. The molecule has 32 heavy (non-hydrogen) atoms. The molecule has 170 valence electrons. The Kier molecular flexibility index (Phi) is 7.83. The zero-order valence-corrected chi connectivity index (χ0v) is 19.8. The molecule has 2 aromatic carbocycles. The smallest absolute Gasteiger partial charge is 0.203 e. The monoisotopic (exact) mass is 455 g/mol. The van der Waals surface area contributed by atoms with Gasteiger partial charge in [-0.2, -0.15) is 0 Å². The third kappa shape index (κ3) is 4.61. The highest BCUT2D eigenvalue weighted by molar-refractivity contribution is 5.85. The molecular weight excluding hydrogens is 426 g/mol. The summed E-state index contributed by atoms with van der Waals surface area (Å²) >= 11 is 0. The molecule has 1 saturated heterocycles. The molecule has 6 nitrogen and oxygen atoms in total. The summed E-state index contributed by atoms with van der Waals surface area (Å²) < 4.78 is 16.5. The number of nitrogens with zero attached hydrogens (tertiary/aromatic N) is 2. The van der Waals surface area contributed by atoms with E-state index in [0.29, 0.717) is 17.2 Å². The number of halogens is 1. The van der Waals surface area contributed by atoms with Crippen LogP contribution >= 0.6 is 12.4 Å². The van der Waals surface area contributed by atoms with E-state index >= 15 is 0 Å². The molecule has 0 unspecified atom stereocenters. The molecule has 0 atom stereocenters. The first-order valence-corrected chi connectivity index (χ1v) is 10.5. The van der Waals surface area contributed by atoms with Gasteiger partial charge in [0.1, 0.15) is 0 Å². The van der Waals surface area contributed by atoms with Crippen LogP contribution in [0.1, 0.15) is 5.56 Å². The quantitative estimate of drug-likeness (QED) is 0.587. The van der Waals surface area contributed by atoms with Crippen LogP contribution < -0.4 is 24.4 Å². The maximum Gasteiger partial charge on any atom is 0.203 e. The Morgan fingerprint density at radius 1 is 0.812 bits per heavy atom. The SMILES string of the molecule is COc1cc(-c2cncc(-c3ccc(N4CCNCC4)cc3)c2C)cc(OC)c1OC.Cl. The van der Waals surface area contributed by atoms with Crippen molar-refractivity contribution < 1.29 is 14.2 Å². The predicted octanol–water partition coefficient (Wildman–Crippen LogP) is 4.58. The molecule has 7 heteroatoms. The molecule has 1 aliphatic heterocycles. The number of nitrogens with one attached hydrogen (secondary N) is 1. The van der Waals surface area contributed by atoms with E-state index in [1.54, 1.807) is 21.3 Å². The van der Waals surface area contributed by atoms with Crippen LogP contribution in [-0.2, 0) is 0 Å². The van der Waals surface area contributed by atoms with Gasteiger partial charge in [-0.15, -0.1) is 12.4 Å². The Bertz CT molecular complexity index is 1030. The lowest BCUT2D eigenvalue weighted by atomic mass is 9.95. The van der Waals surface area contributed by atoms with E-state index < -0.39 is 0 Å². The fraction of sp³-hybridized carbons (Fsp3) is 0.320. The summed E-state index contributed by atoms with van der Waals surface area (Å²) in [6.07, 6.45) is 3.81. The number of ether oxygens (including phenoxy) is 3. The molecule has 1 N–H and O–H groups in total. The third-order valence-electron chi connectivity index (χ3n) is 5.85. The van der Waals surface area contributed by atoms with Crippen LogP contribution in [0.5, 0.6) is 17.2 Å². The average Bonchev–Trinajstić information content (AvgIpc) is 2.84. The molecular formula is C25H30ClN3O3. The lowest BCUT2D eigenvalue weighted by Gasteiger charge is -2.29. The lowest BCUT2D eigenvalue weighted by Crippen LogP contribution is -2.43. The topological polar surface area (TPSA) is 55.9 Å². The summed E-state index contributed by atoms with van der Waals surface area (Å²) in [6, 6.07) is 12.7. The first-order chi connectivity index (χ1) is 15.2. The number of methoxy groups -OCH3 is 3. The Balaban J connectivity index is 0.00000289. The average molecular weight is 456 g/mol. The molecule has 4 rings (SSSR count). The van der Waals surface area contributed by atoms with Crippen molar-refractivity contribution in [3.63, 3.8) is 0 Å². The molecule has 0 bridgehead atoms. The van der Waals surface area contributed by atoms with Crippen LogP contribution in [0.25, 0.3) is 22.3 Å². The number of piperazine rings is 1. The Morgan fingerprint density at radius 2 is 1.38 bits per heavy atom. The fourth-order valence-corrected chi connectivity index (χ4v) is 4.12. The van der Waals surface area contributed by atoms with Gasteiger partial charge < -0.3 is 24.4 Å². The predicted molar refractivity (Wildman–Crippen MR) is 132 cm³/mol. The first-order valence-electron chi connectivity index (χ1n) is 10.5. The standard InChI is InChI=1S/C25H29N3O3.ClH/c1-17-21(18-5-7-20(8-6-18)28-11-9-26-10-12-28)15-27-16-22(17)19-13-23(29-2)25(31-4)24(14-19)30-3;/h5-8,13-16,26H,9-12H2,1-4H3;1H. The molecule has 0 spiro atoms. The molecule has 1 fully saturated rings. The molecule has 0 amide bonds. The highest BCUT2D eigenvalue weighted by Crippen LogP contribution is 2.42. The van der Waals surface area contributed by atoms with E-state index in [-0.39, 0.29) is 12.4 Å². The summed E-state index contributed by atoms with van der Waals surface area (Å²) in [7, 11) is 4.86. The van der Waals surface area contributed by atoms with E-state index in [0.717, 1.165) is 54.0 Å². The molecule has 2 heterocycles. The van der Waals surface area contributed by atoms with Gasteiger partial charge in [0.25, 0.3) is 0 Å². The van der Waals surface area contributed by atoms with Crippen LogP contribution in [0.4, 0.5) is 5.69 Å². The van der Waals surface area contributed by atoms with Crippen molar-refractivity contribution in [2.75, 3.05) is 52.4 Å². The Hall–Kier alpha value is -2.96. The second kappa shape index (κ2) is 10.6. The molecule has 1 aromatic heterocycles. The second-order valence-corrected chi connectivity index (χ2v) is 7.56. The fourth-order valence-electron chi connectivity index (χ4n) is 4.12. The third-order valence-corrected chi connectivity index (χ3v) is 5.85. The Labute approximate surface area is 195 Å². The number of anilines is 1. The lowest BCUT2D eigenvalue weighted by molar-refractivity contribution is 0.324. The minimum absolute atomic E-state index is 0. The van der Waals surface area contributed by atoms with Gasteiger partial charge in [-0.25, -0.2) is 0 Å². The van der Waals surface area contributed by atoms with Gasteiger partial charge in [-0.1, -0.05) is 12.1 Å². The maximum absolute atomic E-state index is 5.53. The van der Waals surface area contributed by atoms with E-state index in [1.807, 2.05) is 24.5 Å². The van der Waals surface area contributed by atoms with Crippen molar-refractivity contribution in [1.82, 2.24) is 10.3 Å². The van der Waals surface area contributed by atoms with Crippen LogP contribution in [0, 0.1) is 6.92 Å². The van der Waals surface area contributed by atoms with Gasteiger partial charge in [-0.05, 0) is 47.9 Å². The number of benzene rings is 2. The van der Waals surface area contributed by atoms with Crippen molar-refractivity contribution in [1.29, 1.82) is 0 Å². The van der Waals surface area contributed by atoms with Crippen LogP contribution in [-0.4, -0.2) is 52.5 Å². The summed E-state index contributed by atoms with van der Waals surface area (Å²) in [5.74, 6) is 1.84. The van der Waals surface area contributed by atoms with E-state index in [4.69, 9.17) is 14.2 Å². The maximum atomic E-state index is 5.53. The normalized spacial score (nSPS) is 13.3. The van der Waals surface area contributed by atoms with Gasteiger partial charge in [0, 0.05) is 55.4 Å². The van der Waals surface area contributed by atoms with Gasteiger partial charge in [0.15, 0.2) is 11.5 Å². The summed E-state index contributed by atoms with van der Waals surface area (Å²) in [5, 5.41) is 3.40. The minimum Gasteiger partial charge on any atom is -0.493 e.